The Hall–Kier alpha value is -2.95. The van der Waals surface area contributed by atoms with Gasteiger partial charge in [-0.3, -0.25) is 14.7 Å². The van der Waals surface area contributed by atoms with E-state index >= 15 is 0 Å². The highest BCUT2D eigenvalue weighted by Gasteiger charge is 2.50. The van der Waals surface area contributed by atoms with E-state index in [1.54, 1.807) is 6.20 Å². The van der Waals surface area contributed by atoms with Crippen molar-refractivity contribution in [2.45, 2.75) is 55.9 Å². The van der Waals surface area contributed by atoms with E-state index in [1.165, 1.54) is 6.42 Å². The number of nitrogens with one attached hydrogen (secondary N) is 1. The maximum Gasteiger partial charge on any atom is 0.490 e. The van der Waals surface area contributed by atoms with Gasteiger partial charge in [-0.05, 0) is 37.3 Å². The van der Waals surface area contributed by atoms with Gasteiger partial charge in [-0.1, -0.05) is 6.07 Å². The molecule has 0 unspecified atom stereocenters. The zero-order valence-electron chi connectivity index (χ0n) is 20.3. The zero-order chi connectivity index (χ0) is 29.6. The Morgan fingerprint density at radius 1 is 1.00 bits per heavy atom. The predicted molar refractivity (Wildman–Crippen MR) is 122 cm³/mol. The number of pyridine rings is 1. The van der Waals surface area contributed by atoms with E-state index in [0.717, 1.165) is 18.4 Å². The summed E-state index contributed by atoms with van der Waals surface area (Å²) in [5.74, 6) is -5.57. The van der Waals surface area contributed by atoms with Crippen LogP contribution in [0, 0.1) is 11.8 Å². The van der Waals surface area contributed by atoms with Gasteiger partial charge in [0.2, 0.25) is 5.91 Å². The van der Waals surface area contributed by atoms with Gasteiger partial charge in [0.05, 0.1) is 11.0 Å². The van der Waals surface area contributed by atoms with Gasteiger partial charge in [-0.2, -0.15) is 26.3 Å². The quantitative estimate of drug-likeness (QED) is 0.448. The van der Waals surface area contributed by atoms with Gasteiger partial charge in [-0.15, -0.1) is 0 Å². The Bertz CT molecular complexity index is 1090. The first-order valence-electron chi connectivity index (χ1n) is 11.6. The molecule has 3 heterocycles. The second-order valence-corrected chi connectivity index (χ2v) is 11.6. The molecule has 0 bridgehead atoms. The van der Waals surface area contributed by atoms with Crippen molar-refractivity contribution in [3.05, 3.63) is 30.1 Å². The monoisotopic (exact) mass is 591 g/mol. The van der Waals surface area contributed by atoms with E-state index in [4.69, 9.17) is 19.8 Å². The Kier molecular flexibility index (Phi) is 10.7. The number of rotatable bonds is 4. The molecule has 17 heteroatoms. The number of carboxylic acids is 2. The van der Waals surface area contributed by atoms with E-state index in [0.29, 0.717) is 32.1 Å². The summed E-state index contributed by atoms with van der Waals surface area (Å²) in [6, 6.07) is 4.20. The average Bonchev–Trinajstić information content (AvgIpc) is 3.21. The molecule has 0 spiro atoms. The number of aromatic nitrogens is 1. The summed E-state index contributed by atoms with van der Waals surface area (Å²) in [5, 5.41) is 17.0. The van der Waals surface area contributed by atoms with E-state index < -0.39 is 39.4 Å². The minimum Gasteiger partial charge on any atom is -0.475 e. The van der Waals surface area contributed by atoms with Crippen molar-refractivity contribution in [3.63, 3.8) is 0 Å². The Morgan fingerprint density at radius 3 is 2.00 bits per heavy atom. The van der Waals surface area contributed by atoms with Crippen LogP contribution in [-0.4, -0.2) is 88.8 Å². The largest absolute Gasteiger partial charge is 0.490 e. The standard InChI is InChI=1S/C18H25N3O3S.2C2HF3O2/c22-18(20-14-4-1-5-14)15-6-8-25(23,24)17-12-21(11-16(15)17)10-13-3-2-7-19-9-13;2*3-2(4,5)1(6)7/h2-3,7,9,14-17H,1,4-6,8,10-12H2,(H,20,22);2*(H,6,7)/t15-,16+,17+;;/m0../s1. The molecule has 1 amide bonds. The van der Waals surface area contributed by atoms with Crippen LogP contribution in [0.15, 0.2) is 24.5 Å². The minimum atomic E-state index is -5.08. The van der Waals surface area contributed by atoms with Crippen molar-refractivity contribution in [3.8, 4) is 0 Å². The van der Waals surface area contributed by atoms with Gasteiger partial charge >= 0.3 is 24.3 Å². The number of likely N-dealkylation sites (tertiary alicyclic amines) is 1. The molecule has 3 fully saturated rings. The number of amides is 1. The van der Waals surface area contributed by atoms with Crippen molar-refractivity contribution in [2.75, 3.05) is 18.8 Å². The summed E-state index contributed by atoms with van der Waals surface area (Å²) in [7, 11) is -3.11. The molecule has 2 aliphatic heterocycles. The summed E-state index contributed by atoms with van der Waals surface area (Å²) < 4.78 is 88.6. The Morgan fingerprint density at radius 2 is 1.56 bits per heavy atom. The number of carbonyl (C=O) groups is 3. The zero-order valence-corrected chi connectivity index (χ0v) is 21.1. The number of hydrogen-bond acceptors (Lipinski definition) is 7. The fraction of sp³-hybridized carbons (Fsp3) is 0.636. The van der Waals surface area contributed by atoms with E-state index in [-0.39, 0.29) is 23.5 Å². The number of hydrogen-bond donors (Lipinski definition) is 3. The van der Waals surface area contributed by atoms with Crippen LogP contribution in [-0.2, 0) is 30.8 Å². The maximum atomic E-state index is 12.7. The van der Waals surface area contributed by atoms with Crippen LogP contribution in [0.1, 0.15) is 31.2 Å². The van der Waals surface area contributed by atoms with E-state index in [2.05, 4.69) is 15.2 Å². The summed E-state index contributed by atoms with van der Waals surface area (Å²) in [4.78, 5) is 36.8. The lowest BCUT2D eigenvalue weighted by molar-refractivity contribution is -0.193. The molecule has 220 valence electrons. The van der Waals surface area contributed by atoms with Crippen molar-refractivity contribution >= 4 is 27.7 Å². The molecule has 0 radical (unpaired) electrons. The molecule has 1 saturated carbocycles. The second kappa shape index (κ2) is 12.9. The number of carboxylic acid groups (broad SMARTS) is 2. The third-order valence-corrected chi connectivity index (χ3v) is 8.70. The number of fused-ring (bicyclic) bond motifs is 1. The molecular formula is C22H27F6N3O7S. The Balaban J connectivity index is 0.000000317. The van der Waals surface area contributed by atoms with Crippen molar-refractivity contribution in [1.29, 1.82) is 0 Å². The van der Waals surface area contributed by atoms with Crippen LogP contribution in [0.4, 0.5) is 26.3 Å². The SMILES string of the molecule is O=C(NC1CCC1)[C@H]1CCS(=O)(=O)[C@@H]2CN(Cc3cccnc3)C[C@H]12.O=C(O)C(F)(F)F.O=C(O)C(F)(F)F. The average molecular weight is 592 g/mol. The van der Waals surface area contributed by atoms with Crippen LogP contribution in [0.25, 0.3) is 0 Å². The van der Waals surface area contributed by atoms with Gasteiger partial charge in [0.1, 0.15) is 0 Å². The first-order chi connectivity index (χ1) is 17.9. The molecule has 10 nitrogen and oxygen atoms in total. The second-order valence-electron chi connectivity index (χ2n) is 9.26. The molecule has 3 N–H and O–H groups in total. The van der Waals surface area contributed by atoms with E-state index in [9.17, 15) is 39.6 Å². The van der Waals surface area contributed by atoms with Crippen LogP contribution < -0.4 is 5.32 Å². The third kappa shape index (κ3) is 9.63. The van der Waals surface area contributed by atoms with Gasteiger partial charge in [-0.25, -0.2) is 18.0 Å². The molecular weight excluding hydrogens is 564 g/mol. The fourth-order valence-electron chi connectivity index (χ4n) is 4.37. The normalized spacial score (nSPS) is 24.5. The molecule has 0 aromatic carbocycles. The number of alkyl halides is 6. The number of sulfone groups is 1. The molecule has 1 aromatic rings. The van der Waals surface area contributed by atoms with Crippen LogP contribution in [0.2, 0.25) is 0 Å². The number of nitrogens with zero attached hydrogens (tertiary/aromatic N) is 2. The first-order valence-corrected chi connectivity index (χ1v) is 13.4. The van der Waals surface area contributed by atoms with Gasteiger partial charge in [0.25, 0.3) is 0 Å². The van der Waals surface area contributed by atoms with Gasteiger partial charge in [0.15, 0.2) is 9.84 Å². The third-order valence-electron chi connectivity index (χ3n) is 6.48. The summed E-state index contributed by atoms with van der Waals surface area (Å²) in [5.41, 5.74) is 1.08. The molecule has 2 saturated heterocycles. The van der Waals surface area contributed by atoms with Gasteiger partial charge in [0, 0.05) is 49.9 Å². The highest BCUT2D eigenvalue weighted by molar-refractivity contribution is 7.92. The number of halogens is 6. The summed E-state index contributed by atoms with van der Waals surface area (Å²) in [6.45, 7) is 1.88. The van der Waals surface area contributed by atoms with Crippen molar-refractivity contribution < 1.29 is 59.4 Å². The molecule has 39 heavy (non-hydrogen) atoms. The maximum absolute atomic E-state index is 12.7. The highest BCUT2D eigenvalue weighted by Crippen LogP contribution is 2.38. The minimum absolute atomic E-state index is 0.0674. The lowest BCUT2D eigenvalue weighted by atomic mass is 9.86. The van der Waals surface area contributed by atoms with Crippen LogP contribution >= 0.6 is 0 Å². The number of aliphatic carboxylic acids is 2. The summed E-state index contributed by atoms with van der Waals surface area (Å²) >= 11 is 0. The summed E-state index contributed by atoms with van der Waals surface area (Å²) in [6.07, 6.45) is -2.87. The number of carbonyl (C=O) groups excluding carboxylic acids is 1. The molecule has 3 atom stereocenters. The molecule has 1 aliphatic carbocycles. The molecule has 1 aromatic heterocycles. The lowest BCUT2D eigenvalue weighted by Crippen LogP contribution is -2.50. The van der Waals surface area contributed by atoms with Crippen LogP contribution in [0.5, 0.6) is 0 Å². The van der Waals surface area contributed by atoms with Crippen LogP contribution in [0.3, 0.4) is 0 Å². The Labute approximate surface area is 219 Å². The highest BCUT2D eigenvalue weighted by atomic mass is 32.2. The lowest BCUT2D eigenvalue weighted by Gasteiger charge is -2.34. The first kappa shape index (κ1) is 32.3. The fourth-order valence-corrected chi connectivity index (χ4v) is 6.50. The molecule has 4 rings (SSSR count). The molecule has 3 aliphatic rings. The van der Waals surface area contributed by atoms with Gasteiger partial charge < -0.3 is 15.5 Å². The van der Waals surface area contributed by atoms with E-state index in [1.807, 2.05) is 18.3 Å². The van der Waals surface area contributed by atoms with Crippen molar-refractivity contribution in [2.24, 2.45) is 11.8 Å². The topological polar surface area (TPSA) is 154 Å². The smallest absolute Gasteiger partial charge is 0.475 e. The predicted octanol–water partition coefficient (Wildman–Crippen LogP) is 2.25. The van der Waals surface area contributed by atoms with Crippen molar-refractivity contribution in [1.82, 2.24) is 15.2 Å².